The quantitative estimate of drug-likeness (QED) is 0.0981. The van der Waals surface area contributed by atoms with Crippen LogP contribution in [0.5, 0.6) is 0 Å². The standard InChI is InChI=1S/C9H15N6O13P3.4Li/c10-5-1-2-15(9(17)12-5)8-6(13-14-11)7(16)4(26-8)3-25-30(21,22)28-31(23,24)27-29(18,19)20;;;;/h1-2,4,6-8,16H,3H2,(H,21,22)(H,23,24)(H2,10,12,17)(H2,18,19,20);;;;/q;4*+1/p-4. The summed E-state index contributed by atoms with van der Waals surface area (Å²) < 4.78 is 49.6. The van der Waals surface area contributed by atoms with Gasteiger partial charge in [-0.1, -0.05) is 5.11 Å². The van der Waals surface area contributed by atoms with E-state index in [1.165, 1.54) is 6.07 Å². The number of nitrogens with zero attached hydrogens (tertiary/aromatic N) is 5. The molecule has 0 saturated carbocycles. The second-order valence-corrected chi connectivity index (χ2v) is 9.84. The first kappa shape index (κ1) is 40.2. The number of azide groups is 1. The van der Waals surface area contributed by atoms with Crippen LogP contribution in [0.15, 0.2) is 22.2 Å². The molecule has 1 aromatic heterocycles. The number of phosphoric ester groups is 1. The average Bonchev–Trinajstić information content (AvgIpc) is 2.86. The van der Waals surface area contributed by atoms with Crippen LogP contribution in [-0.2, 0) is 31.6 Å². The molecule has 1 aliphatic rings. The number of nitrogen functional groups attached to an aromatic ring is 1. The van der Waals surface area contributed by atoms with Crippen LogP contribution in [0.2, 0.25) is 0 Å². The van der Waals surface area contributed by atoms with Crippen molar-refractivity contribution in [2.75, 3.05) is 12.3 Å². The van der Waals surface area contributed by atoms with Crippen molar-refractivity contribution in [1.29, 1.82) is 0 Å². The molecular weight excluding hydrogens is 521 g/mol. The predicted molar refractivity (Wildman–Crippen MR) is 86.7 cm³/mol. The first-order valence-corrected chi connectivity index (χ1v) is 12.0. The molecule has 0 aromatic carbocycles. The number of aromatic nitrogens is 2. The molecule has 1 aliphatic heterocycles. The Balaban J connectivity index is -0.00000256. The summed E-state index contributed by atoms with van der Waals surface area (Å²) in [6, 6.07) is -0.320. The molecule has 0 aliphatic carbocycles. The number of aliphatic hydroxyl groups excluding tert-OH is 1. The summed E-state index contributed by atoms with van der Waals surface area (Å²) in [5.74, 6) is -0.158. The third-order valence-electron chi connectivity index (χ3n) is 3.44. The van der Waals surface area contributed by atoms with Crippen LogP contribution >= 0.6 is 23.5 Å². The predicted octanol–water partition coefficient (Wildman–Crippen LogP) is -15.4. The molecule has 0 amide bonds. The van der Waals surface area contributed by atoms with Crippen LogP contribution in [0.3, 0.4) is 0 Å². The SMILES string of the molecule is [Li+].[Li+].[Li+].[Li+].[N-]=[N+]=NC1C(O)C(COP(=O)([O-])OP(=O)([O-])OP(=O)([O-])[O-])OC1n1ccc(N)nc1=O. The number of phosphoric acid groups is 3. The molecule has 1 aromatic rings. The van der Waals surface area contributed by atoms with Crippen molar-refractivity contribution >= 4 is 29.3 Å². The summed E-state index contributed by atoms with van der Waals surface area (Å²) in [4.78, 5) is 61.1. The maximum atomic E-state index is 12.0. The van der Waals surface area contributed by atoms with Gasteiger partial charge in [0.1, 0.15) is 24.2 Å². The molecule has 6 unspecified atom stereocenters. The van der Waals surface area contributed by atoms with Gasteiger partial charge in [-0.15, -0.1) is 0 Å². The Morgan fingerprint density at radius 1 is 1.17 bits per heavy atom. The fourth-order valence-corrected chi connectivity index (χ4v) is 5.21. The molecule has 174 valence electrons. The summed E-state index contributed by atoms with van der Waals surface area (Å²) in [6.45, 7) is -1.15. The van der Waals surface area contributed by atoms with Gasteiger partial charge >= 0.3 is 81.1 Å². The van der Waals surface area contributed by atoms with E-state index in [2.05, 4.69) is 28.2 Å². The zero-order chi connectivity index (χ0) is 23.6. The van der Waals surface area contributed by atoms with Crippen molar-refractivity contribution in [3.8, 4) is 0 Å². The van der Waals surface area contributed by atoms with E-state index < -0.39 is 60.2 Å². The average molecular weight is 532 g/mol. The number of rotatable bonds is 9. The number of hydrogen-bond donors (Lipinski definition) is 2. The third-order valence-corrected chi connectivity index (χ3v) is 7.11. The number of hydrogen-bond acceptors (Lipinski definition) is 16. The first-order chi connectivity index (χ1) is 14.1. The Morgan fingerprint density at radius 3 is 2.23 bits per heavy atom. The minimum Gasteiger partial charge on any atom is -0.790 e. The minimum absolute atomic E-state index is 0. The van der Waals surface area contributed by atoms with Crippen molar-refractivity contribution in [2.24, 2.45) is 5.11 Å². The number of nitrogens with two attached hydrogens (primary N) is 1. The first-order valence-electron chi connectivity index (χ1n) is 7.58. The molecule has 1 fully saturated rings. The molecule has 1 saturated heterocycles. The summed E-state index contributed by atoms with van der Waals surface area (Å²) in [6.07, 6.45) is -3.81. The Morgan fingerprint density at radius 2 is 1.74 bits per heavy atom. The van der Waals surface area contributed by atoms with Crippen LogP contribution in [0, 0.1) is 0 Å². The summed E-state index contributed by atoms with van der Waals surface area (Å²) in [7, 11) is -18.2. The molecule has 2 rings (SSSR count). The maximum absolute atomic E-state index is 12.0. The molecule has 35 heavy (non-hydrogen) atoms. The molecule has 3 N–H and O–H groups in total. The van der Waals surface area contributed by atoms with E-state index in [4.69, 9.17) is 16.0 Å². The van der Waals surface area contributed by atoms with Crippen LogP contribution in [0.1, 0.15) is 6.23 Å². The molecular formula is C9H11Li4N6O13P3. The van der Waals surface area contributed by atoms with E-state index in [9.17, 15) is 43.2 Å². The normalized spacial score (nSPS) is 24.6. The second kappa shape index (κ2) is 16.0. The van der Waals surface area contributed by atoms with Crippen molar-refractivity contribution in [2.45, 2.75) is 24.5 Å². The summed E-state index contributed by atoms with van der Waals surface area (Å²) in [5, 5.41) is 13.5. The molecule has 6 atom stereocenters. The summed E-state index contributed by atoms with van der Waals surface area (Å²) in [5.41, 5.74) is 13.0. The van der Waals surface area contributed by atoms with Crippen molar-refractivity contribution in [1.82, 2.24) is 9.55 Å². The van der Waals surface area contributed by atoms with E-state index in [-0.39, 0.29) is 81.3 Å². The minimum atomic E-state index is -6.18. The van der Waals surface area contributed by atoms with E-state index in [0.717, 1.165) is 10.8 Å². The monoisotopic (exact) mass is 532 g/mol. The molecule has 19 nitrogen and oxygen atoms in total. The van der Waals surface area contributed by atoms with Gasteiger partial charge in [0.25, 0.3) is 15.6 Å². The fourth-order valence-electron chi connectivity index (χ4n) is 2.35. The Bertz CT molecular complexity index is 1080. The van der Waals surface area contributed by atoms with Gasteiger partial charge < -0.3 is 44.2 Å². The van der Waals surface area contributed by atoms with Crippen molar-refractivity contribution in [3.63, 3.8) is 0 Å². The van der Waals surface area contributed by atoms with Crippen molar-refractivity contribution in [3.05, 3.63) is 33.2 Å². The topological polar surface area (TPSA) is 310 Å². The van der Waals surface area contributed by atoms with E-state index in [0.29, 0.717) is 0 Å². The fraction of sp³-hybridized carbons (Fsp3) is 0.556. The Kier molecular flexibility index (Phi) is 18.3. The molecule has 0 spiro atoms. The van der Waals surface area contributed by atoms with Crippen LogP contribution < -0.4 is 106 Å². The number of anilines is 1. The Labute approximate surface area is 244 Å². The summed E-state index contributed by atoms with van der Waals surface area (Å²) >= 11 is 0. The molecule has 26 heteroatoms. The third kappa shape index (κ3) is 12.4. The molecule has 0 bridgehead atoms. The van der Waals surface area contributed by atoms with Gasteiger partial charge in [-0.2, -0.15) is 4.98 Å². The van der Waals surface area contributed by atoms with E-state index in [1.807, 2.05) is 0 Å². The largest absolute Gasteiger partial charge is 1.00 e. The molecule has 2 heterocycles. The van der Waals surface area contributed by atoms with Gasteiger partial charge in [-0.3, -0.25) is 18.0 Å². The van der Waals surface area contributed by atoms with Crippen LogP contribution in [-0.4, -0.2) is 39.5 Å². The number of aliphatic hydroxyl groups is 1. The van der Waals surface area contributed by atoms with Gasteiger partial charge in [-0.05, 0) is 11.6 Å². The maximum Gasteiger partial charge on any atom is 1.00 e. The van der Waals surface area contributed by atoms with Gasteiger partial charge in [0.2, 0.25) is 0 Å². The number of ether oxygens (including phenoxy) is 1. The smallest absolute Gasteiger partial charge is 0.790 e. The zero-order valence-corrected chi connectivity index (χ0v) is 21.4. The van der Waals surface area contributed by atoms with Gasteiger partial charge in [0.05, 0.1) is 20.5 Å². The van der Waals surface area contributed by atoms with Gasteiger partial charge in [-0.25, -0.2) is 9.11 Å². The Hall–Kier alpha value is 0.710. The van der Waals surface area contributed by atoms with Gasteiger partial charge in [0, 0.05) is 11.1 Å². The van der Waals surface area contributed by atoms with Crippen LogP contribution in [0.4, 0.5) is 5.82 Å². The van der Waals surface area contributed by atoms with Crippen molar-refractivity contribution < 1.29 is 132 Å². The second-order valence-electron chi connectivity index (χ2n) is 5.59. The van der Waals surface area contributed by atoms with Crippen LogP contribution in [0.25, 0.3) is 10.4 Å². The zero-order valence-electron chi connectivity index (χ0n) is 18.7. The molecule has 0 radical (unpaired) electrons. The van der Waals surface area contributed by atoms with E-state index in [1.54, 1.807) is 0 Å². The van der Waals surface area contributed by atoms with E-state index >= 15 is 0 Å². The van der Waals surface area contributed by atoms with Gasteiger partial charge in [0.15, 0.2) is 0 Å².